The molecule has 1 fully saturated rings. The van der Waals surface area contributed by atoms with Crippen LogP contribution < -0.4 is 5.32 Å². The number of aromatic carboxylic acids is 1. The molecule has 0 amide bonds. The molecule has 0 radical (unpaired) electrons. The van der Waals surface area contributed by atoms with Gasteiger partial charge in [-0.2, -0.15) is 0 Å². The van der Waals surface area contributed by atoms with Gasteiger partial charge in [-0.25, -0.2) is 9.18 Å². The van der Waals surface area contributed by atoms with Gasteiger partial charge in [0.1, 0.15) is 5.82 Å². The van der Waals surface area contributed by atoms with Crippen molar-refractivity contribution in [1.82, 2.24) is 0 Å². The first-order valence-electron chi connectivity index (χ1n) is 5.04. The molecule has 16 heavy (non-hydrogen) atoms. The summed E-state index contributed by atoms with van der Waals surface area (Å²) in [5, 5.41) is 11.8. The van der Waals surface area contributed by atoms with Gasteiger partial charge in [0.05, 0.1) is 23.9 Å². The molecule has 0 saturated carbocycles. The average molecular weight is 225 g/mol. The molecule has 0 aromatic heterocycles. The van der Waals surface area contributed by atoms with Crippen LogP contribution in [0.25, 0.3) is 0 Å². The highest BCUT2D eigenvalue weighted by molar-refractivity contribution is 5.94. The molecule has 1 heterocycles. The van der Waals surface area contributed by atoms with Crippen molar-refractivity contribution in [1.29, 1.82) is 0 Å². The summed E-state index contributed by atoms with van der Waals surface area (Å²) >= 11 is 0. The Kier molecular flexibility index (Phi) is 3.05. The van der Waals surface area contributed by atoms with E-state index in [1.54, 1.807) is 0 Å². The van der Waals surface area contributed by atoms with E-state index < -0.39 is 11.8 Å². The van der Waals surface area contributed by atoms with Crippen LogP contribution in [0.2, 0.25) is 0 Å². The maximum atomic E-state index is 13.5. The van der Waals surface area contributed by atoms with E-state index >= 15 is 0 Å². The first-order valence-corrected chi connectivity index (χ1v) is 5.04. The predicted molar refractivity (Wildman–Crippen MR) is 56.2 cm³/mol. The fourth-order valence-electron chi connectivity index (χ4n) is 1.70. The minimum atomic E-state index is -1.14. The lowest BCUT2D eigenvalue weighted by molar-refractivity contribution is 0.0697. The number of carbonyl (C=O) groups is 1. The number of carboxylic acid groups (broad SMARTS) is 1. The van der Waals surface area contributed by atoms with Gasteiger partial charge in [0.15, 0.2) is 0 Å². The summed E-state index contributed by atoms with van der Waals surface area (Å²) in [5.74, 6) is -1.69. The maximum Gasteiger partial charge on any atom is 0.337 e. The molecule has 1 saturated heterocycles. The third-order valence-corrected chi connectivity index (χ3v) is 2.52. The van der Waals surface area contributed by atoms with Crippen LogP contribution in [0, 0.1) is 5.82 Å². The number of benzene rings is 1. The number of rotatable bonds is 3. The van der Waals surface area contributed by atoms with Crippen LogP contribution in [0.15, 0.2) is 18.2 Å². The Labute approximate surface area is 92.0 Å². The molecule has 2 rings (SSSR count). The van der Waals surface area contributed by atoms with Gasteiger partial charge in [-0.15, -0.1) is 0 Å². The van der Waals surface area contributed by atoms with Crippen molar-refractivity contribution in [2.75, 3.05) is 18.5 Å². The second-order valence-corrected chi connectivity index (χ2v) is 3.67. The highest BCUT2D eigenvalue weighted by atomic mass is 19.1. The zero-order valence-electron chi connectivity index (χ0n) is 8.57. The number of nitrogens with one attached hydrogen (secondary N) is 1. The van der Waals surface area contributed by atoms with Crippen molar-refractivity contribution in [3.05, 3.63) is 29.6 Å². The maximum absolute atomic E-state index is 13.5. The lowest BCUT2D eigenvalue weighted by Gasteiger charge is -2.14. The lowest BCUT2D eigenvalue weighted by Crippen LogP contribution is -2.21. The van der Waals surface area contributed by atoms with Gasteiger partial charge in [0.2, 0.25) is 0 Å². The molecule has 1 aromatic carbocycles. The molecule has 0 spiro atoms. The zero-order chi connectivity index (χ0) is 11.5. The Morgan fingerprint density at radius 1 is 1.56 bits per heavy atom. The molecule has 1 atom stereocenters. The van der Waals surface area contributed by atoms with E-state index in [4.69, 9.17) is 9.84 Å². The molecule has 1 aromatic rings. The highest BCUT2D eigenvalue weighted by Crippen LogP contribution is 2.22. The van der Waals surface area contributed by atoms with Crippen LogP contribution in [0.3, 0.4) is 0 Å². The number of anilines is 1. The number of hydrogen-bond donors (Lipinski definition) is 2. The van der Waals surface area contributed by atoms with Gasteiger partial charge < -0.3 is 15.2 Å². The van der Waals surface area contributed by atoms with E-state index in [9.17, 15) is 9.18 Å². The summed E-state index contributed by atoms with van der Waals surface area (Å²) in [6, 6.07) is 3.98. The third-order valence-electron chi connectivity index (χ3n) is 2.52. The number of para-hydroxylation sites is 1. The van der Waals surface area contributed by atoms with Crippen molar-refractivity contribution in [2.45, 2.75) is 12.5 Å². The molecular formula is C11H12FNO3. The van der Waals surface area contributed by atoms with E-state index in [1.807, 2.05) is 0 Å². The molecule has 5 heteroatoms. The smallest absolute Gasteiger partial charge is 0.337 e. The molecule has 1 aliphatic rings. The summed E-state index contributed by atoms with van der Waals surface area (Å²) in [5.41, 5.74) is -0.00241. The fourth-order valence-corrected chi connectivity index (χ4v) is 1.70. The fraction of sp³-hybridized carbons (Fsp3) is 0.364. The minimum absolute atomic E-state index is 0.0185. The summed E-state index contributed by atoms with van der Waals surface area (Å²) < 4.78 is 18.6. The summed E-state index contributed by atoms with van der Waals surface area (Å²) in [7, 11) is 0. The summed E-state index contributed by atoms with van der Waals surface area (Å²) in [6.45, 7) is 1.10. The molecule has 86 valence electrons. The molecule has 4 nitrogen and oxygen atoms in total. The highest BCUT2D eigenvalue weighted by Gasteiger charge is 2.20. The van der Waals surface area contributed by atoms with Gasteiger partial charge in [0, 0.05) is 6.61 Å². The van der Waals surface area contributed by atoms with Gasteiger partial charge >= 0.3 is 5.97 Å². The number of halogens is 1. The van der Waals surface area contributed by atoms with E-state index in [2.05, 4.69) is 5.32 Å². The largest absolute Gasteiger partial charge is 0.478 e. The lowest BCUT2D eigenvalue weighted by atomic mass is 10.1. The van der Waals surface area contributed by atoms with E-state index in [0.29, 0.717) is 13.2 Å². The first kappa shape index (κ1) is 10.9. The topological polar surface area (TPSA) is 58.6 Å². The molecule has 0 bridgehead atoms. The summed E-state index contributed by atoms with van der Waals surface area (Å²) in [4.78, 5) is 10.9. The Morgan fingerprint density at radius 2 is 2.38 bits per heavy atom. The van der Waals surface area contributed by atoms with Crippen molar-refractivity contribution in [2.24, 2.45) is 0 Å². The minimum Gasteiger partial charge on any atom is -0.478 e. The van der Waals surface area contributed by atoms with E-state index in [0.717, 1.165) is 6.42 Å². The van der Waals surface area contributed by atoms with Crippen molar-refractivity contribution in [3.63, 3.8) is 0 Å². The monoisotopic (exact) mass is 225 g/mol. The quantitative estimate of drug-likeness (QED) is 0.822. The second-order valence-electron chi connectivity index (χ2n) is 3.67. The number of carboxylic acids is 1. The van der Waals surface area contributed by atoms with Gasteiger partial charge in [-0.3, -0.25) is 0 Å². The molecule has 0 aliphatic carbocycles. The summed E-state index contributed by atoms with van der Waals surface area (Å²) in [6.07, 6.45) is 0.757. The SMILES string of the molecule is O=C(O)c1cccc(F)c1NC1CCOC1. The van der Waals surface area contributed by atoms with Crippen LogP contribution in [-0.2, 0) is 4.74 Å². The normalized spacial score (nSPS) is 19.7. The van der Waals surface area contributed by atoms with Gasteiger partial charge in [-0.1, -0.05) is 6.07 Å². The average Bonchev–Trinajstić information content (AvgIpc) is 2.73. The van der Waals surface area contributed by atoms with Crippen LogP contribution in [0.1, 0.15) is 16.8 Å². The van der Waals surface area contributed by atoms with Crippen LogP contribution in [-0.4, -0.2) is 30.3 Å². The Bertz CT molecular complexity index is 402. The predicted octanol–water partition coefficient (Wildman–Crippen LogP) is 1.72. The Balaban J connectivity index is 2.26. The first-order chi connectivity index (χ1) is 7.68. The van der Waals surface area contributed by atoms with Crippen molar-refractivity contribution < 1.29 is 19.0 Å². The van der Waals surface area contributed by atoms with Crippen molar-refractivity contribution >= 4 is 11.7 Å². The van der Waals surface area contributed by atoms with Crippen LogP contribution in [0.4, 0.5) is 10.1 Å². The molecule has 1 unspecified atom stereocenters. The van der Waals surface area contributed by atoms with Crippen LogP contribution in [0.5, 0.6) is 0 Å². The Morgan fingerprint density at radius 3 is 3.00 bits per heavy atom. The number of ether oxygens (including phenoxy) is 1. The third kappa shape index (κ3) is 2.14. The van der Waals surface area contributed by atoms with E-state index in [1.165, 1.54) is 18.2 Å². The molecule has 1 aliphatic heterocycles. The van der Waals surface area contributed by atoms with Gasteiger partial charge in [-0.05, 0) is 18.6 Å². The molecular weight excluding hydrogens is 213 g/mol. The second kappa shape index (κ2) is 4.49. The molecule has 2 N–H and O–H groups in total. The van der Waals surface area contributed by atoms with Crippen LogP contribution >= 0.6 is 0 Å². The van der Waals surface area contributed by atoms with Gasteiger partial charge in [0.25, 0.3) is 0 Å². The zero-order valence-corrected chi connectivity index (χ0v) is 8.57. The number of hydrogen-bond acceptors (Lipinski definition) is 3. The van der Waals surface area contributed by atoms with E-state index in [-0.39, 0.29) is 17.3 Å². The standard InChI is InChI=1S/C11H12FNO3/c12-9-3-1-2-8(11(14)15)10(9)13-7-4-5-16-6-7/h1-3,7,13H,4-6H2,(H,14,15). The Hall–Kier alpha value is -1.62. The van der Waals surface area contributed by atoms with Crippen molar-refractivity contribution in [3.8, 4) is 0 Å².